The smallest absolute Gasteiger partial charge is 0.122 e. The number of aromatic nitrogens is 1. The maximum atomic E-state index is 5.47. The third kappa shape index (κ3) is 2.15. The van der Waals surface area contributed by atoms with E-state index >= 15 is 0 Å². The van der Waals surface area contributed by atoms with Crippen molar-refractivity contribution in [2.75, 3.05) is 5.32 Å². The van der Waals surface area contributed by atoms with Gasteiger partial charge in [0.1, 0.15) is 4.99 Å². The van der Waals surface area contributed by atoms with Gasteiger partial charge in [-0.3, -0.25) is 4.98 Å². The molecule has 13 heavy (non-hydrogen) atoms. The number of hydrogen-bond acceptors (Lipinski definition) is 3. The average Bonchev–Trinajstić information content (AvgIpc) is 2.89. The van der Waals surface area contributed by atoms with Crippen LogP contribution in [0, 0.1) is 0 Å². The third-order valence-electron chi connectivity index (χ3n) is 1.96. The van der Waals surface area contributed by atoms with Gasteiger partial charge in [-0.2, -0.15) is 0 Å². The van der Waals surface area contributed by atoms with E-state index in [1.54, 1.807) is 6.20 Å². The van der Waals surface area contributed by atoms with E-state index in [2.05, 4.69) is 10.3 Å². The lowest BCUT2D eigenvalue weighted by Gasteiger charge is -2.04. The van der Waals surface area contributed by atoms with Gasteiger partial charge >= 0.3 is 0 Å². The van der Waals surface area contributed by atoms with Crippen molar-refractivity contribution < 1.29 is 0 Å². The first kappa shape index (κ1) is 8.44. The molecule has 0 atom stereocenters. The number of nitrogens with one attached hydrogen (secondary N) is 1. The quantitative estimate of drug-likeness (QED) is 0.710. The predicted molar refractivity (Wildman–Crippen MR) is 56.8 cm³/mol. The van der Waals surface area contributed by atoms with Gasteiger partial charge in [0.25, 0.3) is 0 Å². The second kappa shape index (κ2) is 3.30. The Kier molecular flexibility index (Phi) is 2.14. The Hall–Kier alpha value is -1.16. The fourth-order valence-electron chi connectivity index (χ4n) is 1.12. The zero-order valence-electron chi connectivity index (χ0n) is 7.16. The van der Waals surface area contributed by atoms with E-state index in [-0.39, 0.29) is 0 Å². The van der Waals surface area contributed by atoms with E-state index in [0.29, 0.717) is 16.7 Å². The third-order valence-corrected chi connectivity index (χ3v) is 2.17. The molecule has 68 valence electrons. The minimum atomic E-state index is 0.347. The number of anilines is 1. The highest BCUT2D eigenvalue weighted by Gasteiger charge is 2.20. The van der Waals surface area contributed by atoms with Crippen molar-refractivity contribution in [1.29, 1.82) is 0 Å². The van der Waals surface area contributed by atoms with Crippen LogP contribution in [0.4, 0.5) is 5.69 Å². The molecule has 2 rings (SSSR count). The summed E-state index contributed by atoms with van der Waals surface area (Å²) in [6, 6.07) is 4.46. The van der Waals surface area contributed by atoms with E-state index in [1.807, 2.05) is 12.1 Å². The number of nitrogens with zero attached hydrogens (tertiary/aromatic N) is 1. The van der Waals surface area contributed by atoms with Gasteiger partial charge in [-0.1, -0.05) is 12.2 Å². The molecule has 0 unspecified atom stereocenters. The Morgan fingerprint density at radius 2 is 2.38 bits per heavy atom. The summed E-state index contributed by atoms with van der Waals surface area (Å²) in [4.78, 5) is 4.41. The van der Waals surface area contributed by atoms with Crippen LogP contribution in [-0.2, 0) is 0 Å². The standard InChI is InChI=1S/C9H11N3S/c10-9(13)8-5-7(3-4-11-8)12-6-1-2-6/h3-6H,1-2H2,(H2,10,13)(H,11,12). The summed E-state index contributed by atoms with van der Waals surface area (Å²) in [5.41, 5.74) is 7.21. The highest BCUT2D eigenvalue weighted by molar-refractivity contribution is 7.80. The lowest BCUT2D eigenvalue weighted by atomic mass is 10.3. The van der Waals surface area contributed by atoms with Gasteiger partial charge in [0.15, 0.2) is 0 Å². The van der Waals surface area contributed by atoms with E-state index in [0.717, 1.165) is 5.69 Å². The molecule has 1 aliphatic carbocycles. The van der Waals surface area contributed by atoms with Crippen LogP contribution in [0.2, 0.25) is 0 Å². The minimum Gasteiger partial charge on any atom is -0.388 e. The van der Waals surface area contributed by atoms with Crippen LogP contribution in [0.15, 0.2) is 18.3 Å². The molecular formula is C9H11N3S. The Morgan fingerprint density at radius 3 is 3.00 bits per heavy atom. The van der Waals surface area contributed by atoms with Crippen molar-refractivity contribution in [2.24, 2.45) is 5.73 Å². The molecule has 0 spiro atoms. The lowest BCUT2D eigenvalue weighted by Crippen LogP contribution is -2.12. The van der Waals surface area contributed by atoms with Crippen molar-refractivity contribution in [1.82, 2.24) is 4.98 Å². The second-order valence-electron chi connectivity index (χ2n) is 3.21. The summed E-state index contributed by atoms with van der Waals surface area (Å²) >= 11 is 4.84. The first-order chi connectivity index (χ1) is 6.25. The molecule has 1 fully saturated rings. The molecule has 4 heteroatoms. The summed E-state index contributed by atoms with van der Waals surface area (Å²) < 4.78 is 0. The van der Waals surface area contributed by atoms with Gasteiger partial charge in [0.05, 0.1) is 5.69 Å². The number of rotatable bonds is 3. The van der Waals surface area contributed by atoms with Crippen LogP contribution in [0.3, 0.4) is 0 Å². The van der Waals surface area contributed by atoms with Crippen molar-refractivity contribution in [3.05, 3.63) is 24.0 Å². The molecule has 3 nitrogen and oxygen atoms in total. The molecular weight excluding hydrogens is 182 g/mol. The first-order valence-corrected chi connectivity index (χ1v) is 4.69. The van der Waals surface area contributed by atoms with Crippen LogP contribution in [0.1, 0.15) is 18.5 Å². The van der Waals surface area contributed by atoms with E-state index in [1.165, 1.54) is 12.8 Å². The second-order valence-corrected chi connectivity index (χ2v) is 3.65. The summed E-state index contributed by atoms with van der Waals surface area (Å²) in [5, 5.41) is 3.36. The highest BCUT2D eigenvalue weighted by atomic mass is 32.1. The Morgan fingerprint density at radius 1 is 1.62 bits per heavy atom. The van der Waals surface area contributed by atoms with E-state index in [4.69, 9.17) is 18.0 Å². The number of nitrogens with two attached hydrogens (primary N) is 1. The fourth-order valence-corrected chi connectivity index (χ4v) is 1.23. The molecule has 0 aliphatic heterocycles. The first-order valence-electron chi connectivity index (χ1n) is 4.28. The Bertz CT molecular complexity index is 333. The number of thiocarbonyl (C=S) groups is 1. The molecule has 3 N–H and O–H groups in total. The normalized spacial score (nSPS) is 15.4. The molecule has 1 saturated carbocycles. The summed E-state index contributed by atoms with van der Waals surface area (Å²) in [5.74, 6) is 0. The largest absolute Gasteiger partial charge is 0.388 e. The molecule has 1 heterocycles. The Balaban J connectivity index is 2.15. The van der Waals surface area contributed by atoms with Gasteiger partial charge in [-0.05, 0) is 25.0 Å². The summed E-state index contributed by atoms with van der Waals surface area (Å²) in [6.45, 7) is 0. The van der Waals surface area contributed by atoms with Crippen LogP contribution >= 0.6 is 12.2 Å². The lowest BCUT2D eigenvalue weighted by molar-refractivity contribution is 1.14. The fraction of sp³-hybridized carbons (Fsp3) is 0.333. The number of hydrogen-bond donors (Lipinski definition) is 2. The molecule has 0 bridgehead atoms. The van der Waals surface area contributed by atoms with Gasteiger partial charge in [-0.25, -0.2) is 0 Å². The zero-order valence-corrected chi connectivity index (χ0v) is 7.97. The minimum absolute atomic E-state index is 0.347. The highest BCUT2D eigenvalue weighted by Crippen LogP contribution is 2.24. The monoisotopic (exact) mass is 193 g/mol. The molecule has 1 aromatic heterocycles. The van der Waals surface area contributed by atoms with Crippen LogP contribution in [-0.4, -0.2) is 16.0 Å². The van der Waals surface area contributed by atoms with Crippen molar-refractivity contribution >= 4 is 22.9 Å². The van der Waals surface area contributed by atoms with Gasteiger partial charge in [-0.15, -0.1) is 0 Å². The molecule has 1 aromatic rings. The van der Waals surface area contributed by atoms with Gasteiger partial charge in [0, 0.05) is 17.9 Å². The number of pyridine rings is 1. The van der Waals surface area contributed by atoms with Gasteiger partial charge in [0.2, 0.25) is 0 Å². The SMILES string of the molecule is NC(=S)c1cc(NC2CC2)ccn1. The van der Waals surface area contributed by atoms with Crippen LogP contribution in [0.5, 0.6) is 0 Å². The maximum absolute atomic E-state index is 5.47. The van der Waals surface area contributed by atoms with E-state index < -0.39 is 0 Å². The van der Waals surface area contributed by atoms with Gasteiger partial charge < -0.3 is 11.1 Å². The Labute approximate surface area is 82.4 Å². The van der Waals surface area contributed by atoms with Crippen molar-refractivity contribution in [3.63, 3.8) is 0 Å². The van der Waals surface area contributed by atoms with Crippen LogP contribution in [0.25, 0.3) is 0 Å². The average molecular weight is 193 g/mol. The maximum Gasteiger partial charge on any atom is 0.122 e. The van der Waals surface area contributed by atoms with Crippen molar-refractivity contribution in [3.8, 4) is 0 Å². The summed E-state index contributed by atoms with van der Waals surface area (Å²) in [7, 11) is 0. The van der Waals surface area contributed by atoms with E-state index in [9.17, 15) is 0 Å². The zero-order chi connectivity index (χ0) is 9.26. The van der Waals surface area contributed by atoms with Crippen molar-refractivity contribution in [2.45, 2.75) is 18.9 Å². The predicted octanol–water partition coefficient (Wildman–Crippen LogP) is 1.29. The summed E-state index contributed by atoms with van der Waals surface area (Å²) in [6.07, 6.45) is 4.23. The molecule has 0 amide bonds. The molecule has 0 aromatic carbocycles. The molecule has 0 radical (unpaired) electrons. The topological polar surface area (TPSA) is 50.9 Å². The molecule has 1 aliphatic rings. The van der Waals surface area contributed by atoms with Crippen LogP contribution < -0.4 is 11.1 Å². The molecule has 0 saturated heterocycles.